The monoisotopic (exact) mass is 321 g/mol. The van der Waals surface area contributed by atoms with Gasteiger partial charge in [0, 0.05) is 13.1 Å². The van der Waals surface area contributed by atoms with E-state index in [1.165, 1.54) is 6.07 Å². The van der Waals surface area contributed by atoms with Crippen LogP contribution in [-0.4, -0.2) is 35.0 Å². The summed E-state index contributed by atoms with van der Waals surface area (Å²) in [5.74, 6) is -1.09. The Labute approximate surface area is 124 Å². The number of carbonyl (C=O) groups is 2. The summed E-state index contributed by atoms with van der Waals surface area (Å²) in [6.45, 7) is 2.49. The second-order valence-electron chi connectivity index (χ2n) is 4.65. The van der Waals surface area contributed by atoms with Gasteiger partial charge >= 0.3 is 5.97 Å². The van der Waals surface area contributed by atoms with Crippen molar-refractivity contribution in [2.45, 2.75) is 19.8 Å². The number of nitrogens with zero attached hydrogens (tertiary/aromatic N) is 1. The average molecular weight is 322 g/mol. The van der Waals surface area contributed by atoms with Crippen molar-refractivity contribution in [3.63, 3.8) is 0 Å². The highest BCUT2D eigenvalue weighted by Gasteiger charge is 2.45. The van der Waals surface area contributed by atoms with Gasteiger partial charge in [-0.25, -0.2) is 0 Å². The number of carboxylic acid groups (broad SMARTS) is 1. The third kappa shape index (κ3) is 2.59. The van der Waals surface area contributed by atoms with Gasteiger partial charge in [-0.05, 0) is 18.9 Å². The van der Waals surface area contributed by atoms with E-state index < -0.39 is 11.4 Å². The lowest BCUT2D eigenvalue weighted by Crippen LogP contribution is -2.36. The summed E-state index contributed by atoms with van der Waals surface area (Å²) in [4.78, 5) is 25.2. The van der Waals surface area contributed by atoms with Gasteiger partial charge in [0.2, 0.25) is 0 Å². The molecule has 1 unspecified atom stereocenters. The number of aliphatic carboxylic acids is 1. The summed E-state index contributed by atoms with van der Waals surface area (Å²) >= 11 is 12.9. The fraction of sp³-hybridized carbons (Fsp3) is 0.500. The van der Waals surface area contributed by atoms with Gasteiger partial charge < -0.3 is 10.0 Å². The molecule has 1 atom stereocenters. The van der Waals surface area contributed by atoms with Crippen LogP contribution in [0.15, 0.2) is 6.07 Å². The van der Waals surface area contributed by atoms with Crippen molar-refractivity contribution in [3.05, 3.63) is 20.3 Å². The topological polar surface area (TPSA) is 57.6 Å². The average Bonchev–Trinajstić information content (AvgIpc) is 2.93. The Morgan fingerprint density at radius 2 is 2.21 bits per heavy atom. The smallest absolute Gasteiger partial charge is 0.311 e. The van der Waals surface area contributed by atoms with Crippen LogP contribution in [0.1, 0.15) is 30.1 Å². The normalized spacial score (nSPS) is 22.8. The van der Waals surface area contributed by atoms with Crippen LogP contribution in [0.25, 0.3) is 0 Å². The quantitative estimate of drug-likeness (QED) is 0.928. The third-order valence-electron chi connectivity index (χ3n) is 3.66. The number of carboxylic acids is 1. The first-order valence-corrected chi connectivity index (χ1v) is 7.44. The van der Waals surface area contributed by atoms with Crippen molar-refractivity contribution in [1.82, 2.24) is 4.90 Å². The summed E-state index contributed by atoms with van der Waals surface area (Å²) in [6, 6.07) is 1.53. The number of hydrogen-bond donors (Lipinski definition) is 1. The Bertz CT molecular complexity index is 531. The molecule has 1 aromatic heterocycles. The number of halogens is 2. The molecule has 1 aliphatic rings. The molecule has 1 fully saturated rings. The minimum absolute atomic E-state index is 0.224. The number of likely N-dealkylation sites (tertiary alicyclic amines) is 1. The highest BCUT2D eigenvalue weighted by atomic mass is 35.5. The van der Waals surface area contributed by atoms with Gasteiger partial charge in [0.25, 0.3) is 5.91 Å². The van der Waals surface area contributed by atoms with Gasteiger partial charge in [-0.15, -0.1) is 11.3 Å². The largest absolute Gasteiger partial charge is 0.481 e. The molecule has 0 bridgehead atoms. The number of rotatable bonds is 3. The highest BCUT2D eigenvalue weighted by molar-refractivity contribution is 7.20. The summed E-state index contributed by atoms with van der Waals surface area (Å²) in [6.07, 6.45) is 0.976. The first-order chi connectivity index (χ1) is 8.89. The van der Waals surface area contributed by atoms with Gasteiger partial charge in [0.15, 0.2) is 0 Å². The lowest BCUT2D eigenvalue weighted by atomic mass is 9.84. The molecule has 0 aromatic carbocycles. The van der Waals surface area contributed by atoms with E-state index in [0.29, 0.717) is 33.6 Å². The van der Waals surface area contributed by atoms with Gasteiger partial charge in [-0.1, -0.05) is 30.1 Å². The van der Waals surface area contributed by atoms with Crippen LogP contribution < -0.4 is 0 Å². The van der Waals surface area contributed by atoms with Gasteiger partial charge in [0.05, 0.1) is 15.3 Å². The molecule has 4 nitrogen and oxygen atoms in total. The molecular weight excluding hydrogens is 309 g/mol. The second kappa shape index (κ2) is 5.31. The molecule has 2 rings (SSSR count). The molecule has 19 heavy (non-hydrogen) atoms. The zero-order chi connectivity index (χ0) is 14.2. The van der Waals surface area contributed by atoms with Crippen molar-refractivity contribution >= 4 is 46.4 Å². The number of hydrogen-bond acceptors (Lipinski definition) is 3. The predicted molar refractivity (Wildman–Crippen MR) is 75.2 cm³/mol. The van der Waals surface area contributed by atoms with Crippen molar-refractivity contribution in [2.24, 2.45) is 5.41 Å². The maximum Gasteiger partial charge on any atom is 0.311 e. The van der Waals surface area contributed by atoms with E-state index in [0.717, 1.165) is 11.3 Å². The molecule has 0 saturated carbocycles. The van der Waals surface area contributed by atoms with Gasteiger partial charge in [-0.3, -0.25) is 9.59 Å². The Morgan fingerprint density at radius 3 is 2.63 bits per heavy atom. The minimum atomic E-state index is -0.847. The Kier molecular flexibility index (Phi) is 4.08. The van der Waals surface area contributed by atoms with E-state index in [4.69, 9.17) is 23.2 Å². The van der Waals surface area contributed by atoms with Crippen LogP contribution in [-0.2, 0) is 4.79 Å². The Balaban J connectivity index is 2.19. The Morgan fingerprint density at radius 1 is 1.53 bits per heavy atom. The maximum atomic E-state index is 12.3. The van der Waals surface area contributed by atoms with Gasteiger partial charge in [0.1, 0.15) is 4.34 Å². The summed E-state index contributed by atoms with van der Waals surface area (Å²) in [7, 11) is 0. The molecule has 1 amide bonds. The zero-order valence-corrected chi connectivity index (χ0v) is 12.6. The fourth-order valence-corrected chi connectivity index (χ4v) is 3.76. The van der Waals surface area contributed by atoms with E-state index in [2.05, 4.69) is 0 Å². The fourth-order valence-electron chi connectivity index (χ4n) is 2.32. The zero-order valence-electron chi connectivity index (χ0n) is 10.3. The summed E-state index contributed by atoms with van der Waals surface area (Å²) in [5, 5.41) is 9.31. The van der Waals surface area contributed by atoms with E-state index >= 15 is 0 Å². The third-order valence-corrected chi connectivity index (χ3v) is 5.15. The first kappa shape index (κ1) is 14.6. The van der Waals surface area contributed by atoms with E-state index in [-0.39, 0.29) is 12.5 Å². The molecular formula is C12H13Cl2NO3S. The lowest BCUT2D eigenvalue weighted by Gasteiger charge is -2.22. The SMILES string of the molecule is CCC1(C(=O)O)CCN(C(=O)c2cc(Cl)sc2Cl)C1. The van der Waals surface area contributed by atoms with Crippen LogP contribution in [0.3, 0.4) is 0 Å². The van der Waals surface area contributed by atoms with E-state index in [1.807, 2.05) is 6.92 Å². The van der Waals surface area contributed by atoms with Crippen LogP contribution in [0.2, 0.25) is 8.67 Å². The molecule has 0 aliphatic carbocycles. The highest BCUT2D eigenvalue weighted by Crippen LogP contribution is 2.37. The standard InChI is InChI=1S/C12H13Cl2NO3S/c1-2-12(11(17)18)3-4-15(6-12)10(16)7-5-8(13)19-9(7)14/h5H,2-4,6H2,1H3,(H,17,18). The molecule has 1 aliphatic heterocycles. The molecule has 1 aromatic rings. The van der Waals surface area contributed by atoms with Crippen LogP contribution in [0.5, 0.6) is 0 Å². The molecule has 104 valence electrons. The van der Waals surface area contributed by atoms with E-state index in [9.17, 15) is 14.7 Å². The summed E-state index contributed by atoms with van der Waals surface area (Å²) < 4.78 is 0.798. The van der Waals surface area contributed by atoms with Crippen LogP contribution in [0, 0.1) is 5.41 Å². The minimum Gasteiger partial charge on any atom is -0.481 e. The van der Waals surface area contributed by atoms with Crippen molar-refractivity contribution < 1.29 is 14.7 Å². The molecule has 1 saturated heterocycles. The van der Waals surface area contributed by atoms with Crippen LogP contribution in [0.4, 0.5) is 0 Å². The Hall–Kier alpha value is -0.780. The number of amides is 1. The molecule has 7 heteroatoms. The second-order valence-corrected chi connectivity index (χ2v) is 6.94. The predicted octanol–water partition coefficient (Wildman–Crippen LogP) is 3.38. The van der Waals surface area contributed by atoms with E-state index in [1.54, 1.807) is 4.90 Å². The maximum absolute atomic E-state index is 12.3. The number of thiophene rings is 1. The van der Waals surface area contributed by atoms with Crippen molar-refractivity contribution in [3.8, 4) is 0 Å². The van der Waals surface area contributed by atoms with Gasteiger partial charge in [-0.2, -0.15) is 0 Å². The lowest BCUT2D eigenvalue weighted by molar-refractivity contribution is -0.148. The molecule has 2 heterocycles. The van der Waals surface area contributed by atoms with Crippen LogP contribution >= 0.6 is 34.5 Å². The van der Waals surface area contributed by atoms with Crippen molar-refractivity contribution in [2.75, 3.05) is 13.1 Å². The summed E-state index contributed by atoms with van der Waals surface area (Å²) in [5.41, 5.74) is -0.476. The molecule has 0 spiro atoms. The van der Waals surface area contributed by atoms with Crippen molar-refractivity contribution in [1.29, 1.82) is 0 Å². The molecule has 1 N–H and O–H groups in total. The number of carbonyl (C=O) groups excluding carboxylic acids is 1. The molecule has 0 radical (unpaired) electrons. The first-order valence-electron chi connectivity index (χ1n) is 5.87.